The standard InChI is InChI=1S/C16H17F3N2O2/c1-15(2,3)23-13(22)12-11(10-8-6-5-7-9-10)20-14(21(12)4)16(17,18)19/h5-9H,1-4H3. The Kier molecular flexibility index (Phi) is 4.24. The van der Waals surface area contributed by atoms with E-state index in [0.717, 1.165) is 11.6 Å². The fourth-order valence-corrected chi connectivity index (χ4v) is 2.11. The maximum Gasteiger partial charge on any atom is 0.449 e. The molecule has 0 aliphatic rings. The summed E-state index contributed by atoms with van der Waals surface area (Å²) in [5, 5.41) is 0. The molecule has 1 aromatic heterocycles. The molecule has 0 radical (unpaired) electrons. The number of hydrogen-bond donors (Lipinski definition) is 0. The SMILES string of the molecule is Cn1c(C(F)(F)F)nc(-c2ccccc2)c1C(=O)OC(C)(C)C. The molecule has 23 heavy (non-hydrogen) atoms. The van der Waals surface area contributed by atoms with Crippen molar-refractivity contribution >= 4 is 5.97 Å². The lowest BCUT2D eigenvalue weighted by Gasteiger charge is -2.20. The number of carbonyl (C=O) groups is 1. The number of benzene rings is 1. The van der Waals surface area contributed by atoms with E-state index in [1.54, 1.807) is 51.1 Å². The quantitative estimate of drug-likeness (QED) is 0.782. The van der Waals surface area contributed by atoms with E-state index in [0.29, 0.717) is 5.56 Å². The van der Waals surface area contributed by atoms with Crippen LogP contribution in [0.2, 0.25) is 0 Å². The van der Waals surface area contributed by atoms with Crippen LogP contribution in [-0.4, -0.2) is 21.1 Å². The van der Waals surface area contributed by atoms with Gasteiger partial charge in [0.25, 0.3) is 0 Å². The van der Waals surface area contributed by atoms with Gasteiger partial charge in [0, 0.05) is 12.6 Å². The van der Waals surface area contributed by atoms with Gasteiger partial charge in [0.15, 0.2) is 5.69 Å². The van der Waals surface area contributed by atoms with Crippen LogP contribution < -0.4 is 0 Å². The second-order valence-electron chi connectivity index (χ2n) is 6.06. The van der Waals surface area contributed by atoms with Crippen molar-refractivity contribution < 1.29 is 22.7 Å². The van der Waals surface area contributed by atoms with Crippen molar-refractivity contribution in [3.8, 4) is 11.3 Å². The lowest BCUT2D eigenvalue weighted by Crippen LogP contribution is -2.26. The van der Waals surface area contributed by atoms with E-state index < -0.39 is 23.6 Å². The fraction of sp³-hybridized carbons (Fsp3) is 0.375. The molecule has 124 valence electrons. The molecule has 0 N–H and O–H groups in total. The second-order valence-corrected chi connectivity index (χ2v) is 6.06. The zero-order valence-corrected chi connectivity index (χ0v) is 13.2. The van der Waals surface area contributed by atoms with Crippen LogP contribution >= 0.6 is 0 Å². The molecule has 0 saturated heterocycles. The highest BCUT2D eigenvalue weighted by molar-refractivity contribution is 5.95. The Bertz CT molecular complexity index is 713. The number of esters is 1. The van der Waals surface area contributed by atoms with Gasteiger partial charge >= 0.3 is 12.1 Å². The molecule has 7 heteroatoms. The predicted octanol–water partition coefficient (Wildman–Crippen LogP) is 4.06. The Balaban J connectivity index is 2.63. The minimum absolute atomic E-state index is 0.0466. The van der Waals surface area contributed by atoms with Crippen molar-refractivity contribution in [2.45, 2.75) is 32.5 Å². The van der Waals surface area contributed by atoms with E-state index in [1.165, 1.54) is 0 Å². The lowest BCUT2D eigenvalue weighted by atomic mass is 10.1. The highest BCUT2D eigenvalue weighted by atomic mass is 19.4. The van der Waals surface area contributed by atoms with Crippen LogP contribution in [0.5, 0.6) is 0 Å². The van der Waals surface area contributed by atoms with Gasteiger partial charge in [0.1, 0.15) is 11.3 Å². The first-order chi connectivity index (χ1) is 10.5. The van der Waals surface area contributed by atoms with Crippen LogP contribution in [0, 0.1) is 0 Å². The summed E-state index contributed by atoms with van der Waals surface area (Å²) in [6, 6.07) is 8.24. The first kappa shape index (κ1) is 17.1. The number of ether oxygens (including phenoxy) is 1. The van der Waals surface area contributed by atoms with Crippen molar-refractivity contribution in [3.63, 3.8) is 0 Å². The van der Waals surface area contributed by atoms with Gasteiger partial charge in [-0.1, -0.05) is 30.3 Å². The van der Waals surface area contributed by atoms with E-state index in [2.05, 4.69) is 4.98 Å². The van der Waals surface area contributed by atoms with Crippen LogP contribution in [-0.2, 0) is 18.0 Å². The van der Waals surface area contributed by atoms with Gasteiger partial charge in [-0.25, -0.2) is 9.78 Å². The molecule has 4 nitrogen and oxygen atoms in total. The van der Waals surface area contributed by atoms with E-state index >= 15 is 0 Å². The third kappa shape index (κ3) is 3.72. The molecule has 0 atom stereocenters. The topological polar surface area (TPSA) is 44.1 Å². The third-order valence-electron chi connectivity index (χ3n) is 2.99. The number of halogens is 3. The molecule has 0 aliphatic carbocycles. The number of nitrogens with zero attached hydrogens (tertiary/aromatic N) is 2. The number of aromatic nitrogens is 2. The van der Waals surface area contributed by atoms with Gasteiger partial charge in [0.05, 0.1) is 0 Å². The van der Waals surface area contributed by atoms with E-state index in [4.69, 9.17) is 4.74 Å². The first-order valence-electron chi connectivity index (χ1n) is 6.93. The van der Waals surface area contributed by atoms with Crippen LogP contribution in [0.1, 0.15) is 37.1 Å². The monoisotopic (exact) mass is 326 g/mol. The fourth-order valence-electron chi connectivity index (χ4n) is 2.11. The van der Waals surface area contributed by atoms with E-state index in [9.17, 15) is 18.0 Å². The molecule has 0 unspecified atom stereocenters. The van der Waals surface area contributed by atoms with Crippen molar-refractivity contribution in [3.05, 3.63) is 41.9 Å². The summed E-state index contributed by atoms with van der Waals surface area (Å²) in [5.41, 5.74) is -0.680. The number of hydrogen-bond acceptors (Lipinski definition) is 3. The molecule has 0 fully saturated rings. The zero-order valence-electron chi connectivity index (χ0n) is 13.2. The van der Waals surface area contributed by atoms with Gasteiger partial charge < -0.3 is 9.30 Å². The minimum atomic E-state index is -4.67. The average Bonchev–Trinajstić information content (AvgIpc) is 2.75. The van der Waals surface area contributed by atoms with Crippen molar-refractivity contribution in [1.82, 2.24) is 9.55 Å². The summed E-state index contributed by atoms with van der Waals surface area (Å²) >= 11 is 0. The van der Waals surface area contributed by atoms with Gasteiger partial charge in [-0.3, -0.25) is 0 Å². The van der Waals surface area contributed by atoms with E-state index in [-0.39, 0.29) is 11.4 Å². The number of alkyl halides is 3. The number of carbonyl (C=O) groups excluding carboxylic acids is 1. The summed E-state index contributed by atoms with van der Waals surface area (Å²) in [6.45, 7) is 4.94. The van der Waals surface area contributed by atoms with E-state index in [1.807, 2.05) is 0 Å². The van der Waals surface area contributed by atoms with Crippen LogP contribution in [0.3, 0.4) is 0 Å². The second kappa shape index (κ2) is 5.72. The van der Waals surface area contributed by atoms with Gasteiger partial charge in [-0.05, 0) is 20.8 Å². The molecular formula is C16H17F3N2O2. The van der Waals surface area contributed by atoms with Gasteiger partial charge in [-0.2, -0.15) is 13.2 Å². The summed E-state index contributed by atoms with van der Waals surface area (Å²) in [5.74, 6) is -1.99. The lowest BCUT2D eigenvalue weighted by molar-refractivity contribution is -0.146. The van der Waals surface area contributed by atoms with Crippen molar-refractivity contribution in [2.75, 3.05) is 0 Å². The smallest absolute Gasteiger partial charge is 0.449 e. The summed E-state index contributed by atoms with van der Waals surface area (Å²) < 4.78 is 45.3. The molecule has 2 aromatic rings. The molecule has 0 amide bonds. The number of imidazole rings is 1. The first-order valence-corrected chi connectivity index (χ1v) is 6.93. The zero-order chi connectivity index (χ0) is 17.4. The molecule has 0 spiro atoms. The molecule has 0 saturated carbocycles. The van der Waals surface area contributed by atoms with Crippen LogP contribution in [0.4, 0.5) is 13.2 Å². The van der Waals surface area contributed by atoms with Crippen molar-refractivity contribution in [2.24, 2.45) is 7.05 Å². The number of rotatable bonds is 2. The average molecular weight is 326 g/mol. The minimum Gasteiger partial charge on any atom is -0.455 e. The Hall–Kier alpha value is -2.31. The third-order valence-corrected chi connectivity index (χ3v) is 2.99. The Morgan fingerprint density at radius 3 is 2.17 bits per heavy atom. The summed E-state index contributed by atoms with van der Waals surface area (Å²) in [6.07, 6.45) is -4.67. The maximum absolute atomic E-state index is 13.1. The van der Waals surface area contributed by atoms with Crippen LogP contribution in [0.25, 0.3) is 11.3 Å². The predicted molar refractivity (Wildman–Crippen MR) is 78.8 cm³/mol. The maximum atomic E-state index is 13.1. The summed E-state index contributed by atoms with van der Waals surface area (Å²) in [4.78, 5) is 16.0. The molecule has 1 heterocycles. The highest BCUT2D eigenvalue weighted by Gasteiger charge is 2.40. The molecule has 0 bridgehead atoms. The normalized spacial score (nSPS) is 12.3. The van der Waals surface area contributed by atoms with Gasteiger partial charge in [-0.15, -0.1) is 0 Å². The highest BCUT2D eigenvalue weighted by Crippen LogP contribution is 2.33. The largest absolute Gasteiger partial charge is 0.455 e. The summed E-state index contributed by atoms with van der Waals surface area (Å²) in [7, 11) is 1.15. The molecular weight excluding hydrogens is 309 g/mol. The Morgan fingerprint density at radius 2 is 1.70 bits per heavy atom. The van der Waals surface area contributed by atoms with Crippen LogP contribution in [0.15, 0.2) is 30.3 Å². The Labute approximate surface area is 131 Å². The molecule has 2 rings (SSSR count). The Morgan fingerprint density at radius 1 is 1.13 bits per heavy atom. The van der Waals surface area contributed by atoms with Gasteiger partial charge in [0.2, 0.25) is 5.82 Å². The molecule has 1 aromatic carbocycles. The van der Waals surface area contributed by atoms with Crippen molar-refractivity contribution in [1.29, 1.82) is 0 Å². The molecule has 0 aliphatic heterocycles.